The molecule has 0 unspecified atom stereocenters. The Hall–Kier alpha value is -2.53. The lowest BCUT2D eigenvalue weighted by molar-refractivity contribution is -0.123. The molecule has 0 fully saturated rings. The molecule has 1 heterocycles. The van der Waals surface area contributed by atoms with Crippen LogP contribution in [-0.4, -0.2) is 17.5 Å². The van der Waals surface area contributed by atoms with E-state index in [1.807, 2.05) is 24.3 Å². The van der Waals surface area contributed by atoms with E-state index >= 15 is 0 Å². The smallest absolute Gasteiger partial charge is 0.258 e. The number of rotatable bonds is 5. The molecule has 0 saturated carbocycles. The van der Waals surface area contributed by atoms with Crippen LogP contribution < -0.4 is 10.1 Å². The van der Waals surface area contributed by atoms with Crippen LogP contribution in [0.25, 0.3) is 11.1 Å². The largest absolute Gasteiger partial charge is 0.484 e. The fourth-order valence-electron chi connectivity index (χ4n) is 1.90. The Bertz CT molecular complexity index is 750. The Kier molecular flexibility index (Phi) is 4.25. The average Bonchev–Trinajstić information content (AvgIpc) is 2.95. The minimum atomic E-state index is -0.253. The molecule has 0 aliphatic rings. The Morgan fingerprint density at radius 2 is 1.95 bits per heavy atom. The van der Waals surface area contributed by atoms with Gasteiger partial charge >= 0.3 is 0 Å². The van der Waals surface area contributed by atoms with E-state index in [2.05, 4.69) is 10.3 Å². The predicted octanol–water partition coefficient (Wildman–Crippen LogP) is 3.18. The van der Waals surface area contributed by atoms with Crippen molar-refractivity contribution in [3.8, 4) is 5.75 Å². The number of hydrogen-bond donors (Lipinski definition) is 1. The molecule has 3 aromatic rings. The van der Waals surface area contributed by atoms with E-state index in [1.54, 1.807) is 24.3 Å². The first-order valence-corrected chi connectivity index (χ1v) is 7.08. The van der Waals surface area contributed by atoms with E-state index in [0.717, 1.165) is 5.52 Å². The van der Waals surface area contributed by atoms with Gasteiger partial charge in [-0.2, -0.15) is 0 Å². The third-order valence-electron chi connectivity index (χ3n) is 2.96. The molecule has 1 N–H and O–H groups in total. The highest BCUT2D eigenvalue weighted by molar-refractivity contribution is 6.30. The van der Waals surface area contributed by atoms with Crippen LogP contribution in [0.5, 0.6) is 5.75 Å². The standard InChI is InChI=1S/C16H13ClN2O3/c17-11-5-7-12(8-6-11)21-10-15(20)18-9-16-19-13-3-1-2-4-14(13)22-16/h1-8H,9-10H2,(H,18,20). The normalized spacial score (nSPS) is 10.6. The van der Waals surface area contributed by atoms with Crippen LogP contribution in [0.2, 0.25) is 5.02 Å². The molecule has 22 heavy (non-hydrogen) atoms. The molecule has 3 rings (SSSR count). The second-order valence-electron chi connectivity index (χ2n) is 4.59. The van der Waals surface area contributed by atoms with Gasteiger partial charge in [0.2, 0.25) is 5.89 Å². The summed E-state index contributed by atoms with van der Waals surface area (Å²) in [7, 11) is 0. The van der Waals surface area contributed by atoms with Crippen molar-refractivity contribution in [3.05, 3.63) is 59.4 Å². The minimum absolute atomic E-state index is 0.0815. The predicted molar refractivity (Wildman–Crippen MR) is 82.8 cm³/mol. The number of nitrogens with zero attached hydrogens (tertiary/aromatic N) is 1. The number of hydrogen-bond acceptors (Lipinski definition) is 4. The summed E-state index contributed by atoms with van der Waals surface area (Å²) in [6.45, 7) is 0.138. The van der Waals surface area contributed by atoms with Gasteiger partial charge in [0.15, 0.2) is 12.2 Å². The van der Waals surface area contributed by atoms with E-state index in [0.29, 0.717) is 22.2 Å². The lowest BCUT2D eigenvalue weighted by atomic mass is 10.3. The number of nitrogens with one attached hydrogen (secondary N) is 1. The number of benzene rings is 2. The van der Waals surface area contributed by atoms with E-state index in [1.165, 1.54) is 0 Å². The van der Waals surface area contributed by atoms with Gasteiger partial charge in [0.1, 0.15) is 11.3 Å². The minimum Gasteiger partial charge on any atom is -0.484 e. The van der Waals surface area contributed by atoms with E-state index in [4.69, 9.17) is 20.8 Å². The molecule has 6 heteroatoms. The maximum atomic E-state index is 11.7. The number of oxazole rings is 1. The molecule has 0 bridgehead atoms. The van der Waals surface area contributed by atoms with Crippen LogP contribution in [0, 0.1) is 0 Å². The Labute approximate surface area is 131 Å². The maximum Gasteiger partial charge on any atom is 0.258 e. The van der Waals surface area contributed by atoms with Gasteiger partial charge in [-0.05, 0) is 36.4 Å². The molecular formula is C16H13ClN2O3. The number of carbonyl (C=O) groups is 1. The van der Waals surface area contributed by atoms with E-state index < -0.39 is 0 Å². The topological polar surface area (TPSA) is 64.4 Å². The molecule has 0 radical (unpaired) electrons. The van der Waals surface area contributed by atoms with Crippen LogP contribution in [0.3, 0.4) is 0 Å². The highest BCUT2D eigenvalue weighted by Crippen LogP contribution is 2.16. The summed E-state index contributed by atoms with van der Waals surface area (Å²) >= 11 is 5.77. The Morgan fingerprint density at radius 1 is 1.18 bits per heavy atom. The summed E-state index contributed by atoms with van der Waals surface area (Å²) in [6, 6.07) is 14.3. The van der Waals surface area contributed by atoms with Crippen LogP contribution in [0.4, 0.5) is 0 Å². The van der Waals surface area contributed by atoms with Crippen molar-refractivity contribution in [3.63, 3.8) is 0 Å². The average molecular weight is 317 g/mol. The van der Waals surface area contributed by atoms with E-state index in [9.17, 15) is 4.79 Å². The lowest BCUT2D eigenvalue weighted by Gasteiger charge is -2.06. The molecule has 112 valence electrons. The second kappa shape index (κ2) is 6.49. The zero-order chi connectivity index (χ0) is 15.4. The van der Waals surface area contributed by atoms with Crippen LogP contribution >= 0.6 is 11.6 Å². The van der Waals surface area contributed by atoms with Crippen LogP contribution in [0.15, 0.2) is 52.9 Å². The Morgan fingerprint density at radius 3 is 2.73 bits per heavy atom. The van der Waals surface area contributed by atoms with Gasteiger partial charge in [0.05, 0.1) is 6.54 Å². The molecule has 1 amide bonds. The highest BCUT2D eigenvalue weighted by atomic mass is 35.5. The van der Waals surface area contributed by atoms with Gasteiger partial charge < -0.3 is 14.5 Å². The fourth-order valence-corrected chi connectivity index (χ4v) is 2.03. The summed E-state index contributed by atoms with van der Waals surface area (Å²) < 4.78 is 10.9. The second-order valence-corrected chi connectivity index (χ2v) is 5.03. The summed E-state index contributed by atoms with van der Waals surface area (Å²) in [5.41, 5.74) is 1.47. The molecule has 1 aromatic heterocycles. The van der Waals surface area contributed by atoms with Crippen molar-refractivity contribution in [2.24, 2.45) is 0 Å². The van der Waals surface area contributed by atoms with Crippen molar-refractivity contribution in [1.82, 2.24) is 10.3 Å². The first-order chi connectivity index (χ1) is 10.7. The monoisotopic (exact) mass is 316 g/mol. The third kappa shape index (κ3) is 3.56. The van der Waals surface area contributed by atoms with Crippen LogP contribution in [-0.2, 0) is 11.3 Å². The zero-order valence-corrected chi connectivity index (χ0v) is 12.3. The highest BCUT2D eigenvalue weighted by Gasteiger charge is 2.07. The van der Waals surface area contributed by atoms with E-state index in [-0.39, 0.29) is 19.1 Å². The van der Waals surface area contributed by atoms with Gasteiger partial charge in [-0.1, -0.05) is 23.7 Å². The molecule has 2 aromatic carbocycles. The van der Waals surface area contributed by atoms with Crippen molar-refractivity contribution >= 4 is 28.6 Å². The number of carbonyl (C=O) groups excluding carboxylic acids is 1. The number of aromatic nitrogens is 1. The number of fused-ring (bicyclic) bond motifs is 1. The molecule has 0 aliphatic carbocycles. The van der Waals surface area contributed by atoms with Gasteiger partial charge in [-0.25, -0.2) is 4.98 Å². The SMILES string of the molecule is O=C(COc1ccc(Cl)cc1)NCc1nc2ccccc2o1. The summed E-state index contributed by atoms with van der Waals surface area (Å²) in [6.07, 6.45) is 0. The van der Waals surface area contributed by atoms with Crippen molar-refractivity contribution in [2.45, 2.75) is 6.54 Å². The number of ether oxygens (including phenoxy) is 1. The number of halogens is 1. The number of amides is 1. The Balaban J connectivity index is 1.50. The molecule has 0 atom stereocenters. The first-order valence-electron chi connectivity index (χ1n) is 6.70. The van der Waals surface area contributed by atoms with Crippen molar-refractivity contribution < 1.29 is 13.9 Å². The summed E-state index contributed by atoms with van der Waals surface area (Å²) in [5, 5.41) is 3.31. The molecule has 5 nitrogen and oxygen atoms in total. The van der Waals surface area contributed by atoms with Gasteiger partial charge in [0.25, 0.3) is 5.91 Å². The zero-order valence-electron chi connectivity index (χ0n) is 11.6. The quantitative estimate of drug-likeness (QED) is 0.785. The summed E-state index contributed by atoms with van der Waals surface area (Å²) in [4.78, 5) is 16.0. The first kappa shape index (κ1) is 14.4. The van der Waals surface area contributed by atoms with Gasteiger partial charge in [-0.3, -0.25) is 4.79 Å². The lowest BCUT2D eigenvalue weighted by Crippen LogP contribution is -2.28. The third-order valence-corrected chi connectivity index (χ3v) is 3.21. The molecule has 0 saturated heterocycles. The van der Waals surface area contributed by atoms with Gasteiger partial charge in [0, 0.05) is 5.02 Å². The van der Waals surface area contributed by atoms with Crippen molar-refractivity contribution in [1.29, 1.82) is 0 Å². The summed E-state index contributed by atoms with van der Waals surface area (Å²) in [5.74, 6) is 0.791. The molecule has 0 aliphatic heterocycles. The van der Waals surface area contributed by atoms with Crippen molar-refractivity contribution in [2.75, 3.05) is 6.61 Å². The number of para-hydroxylation sites is 2. The van der Waals surface area contributed by atoms with Crippen LogP contribution in [0.1, 0.15) is 5.89 Å². The maximum absolute atomic E-state index is 11.7. The molecular weight excluding hydrogens is 304 g/mol. The fraction of sp³-hybridized carbons (Fsp3) is 0.125. The molecule has 0 spiro atoms. The van der Waals surface area contributed by atoms with Gasteiger partial charge in [-0.15, -0.1) is 0 Å².